The molecule has 0 aliphatic rings. The fourth-order valence-corrected chi connectivity index (χ4v) is 1.02. The van der Waals surface area contributed by atoms with Gasteiger partial charge >= 0.3 is 7.82 Å². The van der Waals surface area contributed by atoms with Crippen molar-refractivity contribution in [2.45, 2.75) is 6.10 Å². The predicted molar refractivity (Wildman–Crippen MR) is 45.6 cm³/mol. The maximum atomic E-state index is 10.8. The van der Waals surface area contributed by atoms with Gasteiger partial charge in [0.1, 0.15) is 12.7 Å². The second-order valence-corrected chi connectivity index (χ2v) is 3.79. The molecule has 1 N–H and O–H groups in total. The van der Waals surface area contributed by atoms with Crippen LogP contribution in [0, 0.1) is 0 Å². The molecule has 0 amide bonds. The number of rotatable bonds is 8. The number of carbonyl (C=O) groups excluding carboxylic acids is 1. The van der Waals surface area contributed by atoms with Crippen LogP contribution in [0.3, 0.4) is 0 Å². The molecule has 0 aliphatic carbocycles. The Morgan fingerprint density at radius 2 is 2.07 bits per heavy atom. The minimum Gasteiger partial charge on any atom is -0.465 e. The molecule has 0 saturated heterocycles. The zero-order valence-electron chi connectivity index (χ0n) is 7.91. The lowest BCUT2D eigenvalue weighted by atomic mass is 10.4. The van der Waals surface area contributed by atoms with Gasteiger partial charge in [-0.25, -0.2) is 4.57 Å². The number of hydrogen-bond acceptors (Lipinski definition) is 6. The molecule has 8 heteroatoms. The van der Waals surface area contributed by atoms with Crippen LogP contribution >= 0.6 is 7.82 Å². The van der Waals surface area contributed by atoms with E-state index in [0.29, 0.717) is 0 Å². The lowest BCUT2D eigenvalue weighted by molar-refractivity contribution is -0.132. The van der Waals surface area contributed by atoms with Crippen molar-refractivity contribution in [1.29, 1.82) is 0 Å². The first kappa shape index (κ1) is 13.5. The highest BCUT2D eigenvalue weighted by Crippen LogP contribution is 2.41. The Balaban J connectivity index is 3.82. The Kier molecular flexibility index (Phi) is 6.69. The summed E-state index contributed by atoms with van der Waals surface area (Å²) in [6.45, 7) is -0.00342. The van der Waals surface area contributed by atoms with E-state index < -0.39 is 13.9 Å². The highest BCUT2D eigenvalue weighted by molar-refractivity contribution is 7.47. The van der Waals surface area contributed by atoms with Crippen molar-refractivity contribution in [1.82, 2.24) is 0 Å². The number of ether oxygens (including phenoxy) is 2. The van der Waals surface area contributed by atoms with Crippen LogP contribution < -0.4 is 0 Å². The van der Waals surface area contributed by atoms with Gasteiger partial charge in [-0.05, 0) is 0 Å². The maximum Gasteiger partial charge on any atom is 0.472 e. The third-order valence-corrected chi connectivity index (χ3v) is 2.27. The summed E-state index contributed by atoms with van der Waals surface area (Å²) in [6, 6.07) is 0. The first-order valence-electron chi connectivity index (χ1n) is 3.67. The van der Waals surface area contributed by atoms with E-state index in [-0.39, 0.29) is 19.7 Å². The molecular weight excluding hydrogens is 215 g/mol. The molecule has 0 radical (unpaired) electrons. The van der Waals surface area contributed by atoms with Gasteiger partial charge in [0.2, 0.25) is 0 Å². The second kappa shape index (κ2) is 6.92. The molecule has 0 aliphatic heterocycles. The standard InChI is InChI=1S/C6H13O7P/c1-10-6(3-12-5-7)4-13-14(8,9)11-2/h5-6H,3-4H2,1-2H3,(H,8,9)/t6-/m1/s1. The van der Waals surface area contributed by atoms with Gasteiger partial charge in [0.25, 0.3) is 6.47 Å². The van der Waals surface area contributed by atoms with Crippen molar-refractivity contribution in [2.24, 2.45) is 0 Å². The molecule has 7 nitrogen and oxygen atoms in total. The number of carbonyl (C=O) groups is 1. The highest BCUT2D eigenvalue weighted by atomic mass is 31.2. The van der Waals surface area contributed by atoms with Crippen LogP contribution in [-0.2, 0) is 27.9 Å². The summed E-state index contributed by atoms with van der Waals surface area (Å²) in [4.78, 5) is 18.7. The zero-order chi connectivity index (χ0) is 11.0. The van der Waals surface area contributed by atoms with Crippen molar-refractivity contribution in [2.75, 3.05) is 27.4 Å². The molecule has 0 aromatic carbocycles. The first-order chi connectivity index (χ1) is 6.55. The van der Waals surface area contributed by atoms with Gasteiger partial charge in [-0.15, -0.1) is 0 Å². The van der Waals surface area contributed by atoms with Gasteiger partial charge in [-0.1, -0.05) is 0 Å². The van der Waals surface area contributed by atoms with Crippen molar-refractivity contribution in [3.63, 3.8) is 0 Å². The number of methoxy groups -OCH3 is 1. The normalized spacial score (nSPS) is 17.1. The van der Waals surface area contributed by atoms with Crippen molar-refractivity contribution in [3.8, 4) is 0 Å². The molecule has 0 fully saturated rings. The summed E-state index contributed by atoms with van der Waals surface area (Å²) in [6.07, 6.45) is -0.601. The van der Waals surface area contributed by atoms with Crippen LogP contribution in [0.1, 0.15) is 0 Å². The average Bonchev–Trinajstić information content (AvgIpc) is 2.18. The molecule has 14 heavy (non-hydrogen) atoms. The first-order valence-corrected chi connectivity index (χ1v) is 5.16. The summed E-state index contributed by atoms with van der Waals surface area (Å²) >= 11 is 0. The van der Waals surface area contributed by atoms with Gasteiger partial charge in [0, 0.05) is 14.2 Å². The van der Waals surface area contributed by atoms with E-state index in [1.54, 1.807) is 0 Å². The predicted octanol–water partition coefficient (Wildman–Crippen LogP) is -0.0622. The summed E-state index contributed by atoms with van der Waals surface area (Å²) < 4.78 is 28.7. The SMILES string of the molecule is CO[C@H](COC=O)COP(=O)(O)OC. The van der Waals surface area contributed by atoms with E-state index >= 15 is 0 Å². The smallest absolute Gasteiger partial charge is 0.465 e. The number of phosphoric acid groups is 1. The van der Waals surface area contributed by atoms with Crippen molar-refractivity contribution >= 4 is 14.3 Å². The third kappa shape index (κ3) is 6.06. The molecule has 84 valence electrons. The maximum absolute atomic E-state index is 10.8. The van der Waals surface area contributed by atoms with E-state index in [1.165, 1.54) is 7.11 Å². The largest absolute Gasteiger partial charge is 0.472 e. The number of hydrogen-bond donors (Lipinski definition) is 1. The van der Waals surface area contributed by atoms with E-state index in [0.717, 1.165) is 7.11 Å². The van der Waals surface area contributed by atoms with Crippen LogP contribution in [0.5, 0.6) is 0 Å². The van der Waals surface area contributed by atoms with Crippen LogP contribution in [0.4, 0.5) is 0 Å². The monoisotopic (exact) mass is 228 g/mol. The second-order valence-electron chi connectivity index (χ2n) is 2.23. The molecule has 0 saturated carbocycles. The summed E-state index contributed by atoms with van der Waals surface area (Å²) in [5, 5.41) is 0. The molecule has 0 spiro atoms. The van der Waals surface area contributed by atoms with Crippen molar-refractivity contribution in [3.05, 3.63) is 0 Å². The van der Waals surface area contributed by atoms with Crippen LogP contribution in [-0.4, -0.2) is 44.9 Å². The van der Waals surface area contributed by atoms with Gasteiger partial charge in [0.05, 0.1) is 6.61 Å². The quantitative estimate of drug-likeness (QED) is 0.459. The van der Waals surface area contributed by atoms with Gasteiger partial charge < -0.3 is 14.4 Å². The Hall–Kier alpha value is -0.460. The van der Waals surface area contributed by atoms with E-state index in [9.17, 15) is 9.36 Å². The van der Waals surface area contributed by atoms with E-state index in [4.69, 9.17) is 9.63 Å². The molecular formula is C6H13O7P. The lowest BCUT2D eigenvalue weighted by Crippen LogP contribution is -2.23. The van der Waals surface area contributed by atoms with Crippen LogP contribution in [0.2, 0.25) is 0 Å². The summed E-state index contributed by atoms with van der Waals surface area (Å²) in [7, 11) is -1.59. The summed E-state index contributed by atoms with van der Waals surface area (Å²) in [5.74, 6) is 0. The van der Waals surface area contributed by atoms with E-state index in [2.05, 4.69) is 13.8 Å². The van der Waals surface area contributed by atoms with Crippen molar-refractivity contribution < 1.29 is 32.8 Å². The number of phosphoric ester groups is 1. The minimum absolute atomic E-state index is 0.0519. The van der Waals surface area contributed by atoms with Gasteiger partial charge in [-0.2, -0.15) is 0 Å². The minimum atomic E-state index is -4.00. The van der Waals surface area contributed by atoms with Gasteiger partial charge in [0.15, 0.2) is 0 Å². The fourth-order valence-electron chi connectivity index (χ4n) is 0.561. The molecule has 2 atom stereocenters. The zero-order valence-corrected chi connectivity index (χ0v) is 8.81. The molecule has 0 aromatic heterocycles. The highest BCUT2D eigenvalue weighted by Gasteiger charge is 2.21. The van der Waals surface area contributed by atoms with Crippen LogP contribution in [0.25, 0.3) is 0 Å². The third-order valence-electron chi connectivity index (χ3n) is 1.34. The summed E-state index contributed by atoms with van der Waals surface area (Å²) in [5.41, 5.74) is 0. The Morgan fingerprint density at radius 3 is 2.50 bits per heavy atom. The lowest BCUT2D eigenvalue weighted by Gasteiger charge is -2.15. The Bertz CT molecular complexity index is 206. The Labute approximate surface area is 81.5 Å². The van der Waals surface area contributed by atoms with Crippen LogP contribution in [0.15, 0.2) is 0 Å². The Morgan fingerprint density at radius 1 is 1.43 bits per heavy atom. The molecule has 0 aromatic rings. The van der Waals surface area contributed by atoms with E-state index in [1.807, 2.05) is 0 Å². The molecule has 0 bridgehead atoms. The average molecular weight is 228 g/mol. The molecule has 0 rings (SSSR count). The topological polar surface area (TPSA) is 91.3 Å². The fraction of sp³-hybridized carbons (Fsp3) is 0.833. The van der Waals surface area contributed by atoms with Gasteiger partial charge in [-0.3, -0.25) is 13.8 Å². The molecule has 0 heterocycles. The molecule has 1 unspecified atom stereocenters.